The largest absolute Gasteiger partial charge is 0.495 e. The Morgan fingerprint density at radius 2 is 2.08 bits per heavy atom. The number of ether oxygens (including phenoxy) is 3. The lowest BCUT2D eigenvalue weighted by molar-refractivity contribution is -0.122. The van der Waals surface area contributed by atoms with Gasteiger partial charge in [0.1, 0.15) is 25.0 Å². The van der Waals surface area contributed by atoms with Gasteiger partial charge in [0.25, 0.3) is 0 Å². The molecule has 148 valence electrons. The third kappa shape index (κ3) is 7.85. The van der Waals surface area contributed by atoms with Crippen LogP contribution in [0.4, 0.5) is 0 Å². The number of hydrogen-bond acceptors (Lipinski definition) is 7. The van der Waals surface area contributed by atoms with E-state index in [0.717, 1.165) is 0 Å². The van der Waals surface area contributed by atoms with E-state index in [1.165, 1.54) is 13.2 Å². The Labute approximate surface area is 153 Å². The summed E-state index contributed by atoms with van der Waals surface area (Å²) in [6.07, 6.45) is 0.0706. The van der Waals surface area contributed by atoms with Crippen molar-refractivity contribution < 1.29 is 34.0 Å². The minimum Gasteiger partial charge on any atom is -0.495 e. The van der Waals surface area contributed by atoms with E-state index >= 15 is 0 Å². The van der Waals surface area contributed by atoms with E-state index in [1.54, 1.807) is 6.92 Å². The fourth-order valence-corrected chi connectivity index (χ4v) is 2.25. The first-order valence-electron chi connectivity index (χ1n) is 8.41. The smallest absolute Gasteiger partial charge is 0.246 e. The summed E-state index contributed by atoms with van der Waals surface area (Å²) >= 11 is 0. The Morgan fingerprint density at radius 1 is 1.35 bits per heavy atom. The summed E-state index contributed by atoms with van der Waals surface area (Å²) in [5, 5.41) is 24.5. The van der Waals surface area contributed by atoms with Crippen molar-refractivity contribution in [1.82, 2.24) is 10.6 Å². The Morgan fingerprint density at radius 3 is 2.69 bits per heavy atom. The van der Waals surface area contributed by atoms with Crippen LogP contribution in [0.2, 0.25) is 0 Å². The van der Waals surface area contributed by atoms with Gasteiger partial charge in [-0.3, -0.25) is 9.59 Å². The average molecular weight is 372 g/mol. The zero-order chi connectivity index (χ0) is 19.5. The number of nitrogens with one attached hydrogen (secondary N) is 2. The summed E-state index contributed by atoms with van der Waals surface area (Å²) in [5.41, 5.74) is 0.435. The van der Waals surface area contributed by atoms with E-state index in [1.807, 2.05) is 0 Å². The molecule has 0 saturated carbocycles. The lowest BCUT2D eigenvalue weighted by Gasteiger charge is -2.35. The topological polar surface area (TPSA) is 126 Å². The first kappa shape index (κ1) is 21.9. The molecule has 26 heavy (non-hydrogen) atoms. The fraction of sp³-hybridized carbons (Fsp3) is 0.647. The van der Waals surface area contributed by atoms with Crippen molar-refractivity contribution >= 4 is 11.8 Å². The zero-order valence-electron chi connectivity index (χ0n) is 15.2. The van der Waals surface area contributed by atoms with E-state index in [4.69, 9.17) is 14.2 Å². The Hall–Kier alpha value is -2.10. The Bertz CT molecular complexity index is 521. The van der Waals surface area contributed by atoms with Crippen LogP contribution >= 0.6 is 0 Å². The summed E-state index contributed by atoms with van der Waals surface area (Å²) in [6, 6.07) is -0.728. The van der Waals surface area contributed by atoms with Crippen LogP contribution in [-0.4, -0.2) is 73.2 Å². The van der Waals surface area contributed by atoms with E-state index in [-0.39, 0.29) is 43.8 Å². The van der Waals surface area contributed by atoms with Crippen molar-refractivity contribution in [2.24, 2.45) is 0 Å². The molecular weight excluding hydrogens is 344 g/mol. The highest BCUT2D eigenvalue weighted by Crippen LogP contribution is 2.23. The van der Waals surface area contributed by atoms with Gasteiger partial charge < -0.3 is 35.1 Å². The molecule has 1 aliphatic heterocycles. The summed E-state index contributed by atoms with van der Waals surface area (Å²) in [5.74, 6) is -0.289. The van der Waals surface area contributed by atoms with Gasteiger partial charge in [0.05, 0.1) is 25.9 Å². The highest BCUT2D eigenvalue weighted by atomic mass is 16.5. The molecule has 0 radical (unpaired) electrons. The van der Waals surface area contributed by atoms with Crippen molar-refractivity contribution in [3.63, 3.8) is 0 Å². The van der Waals surface area contributed by atoms with Crippen LogP contribution in [0.5, 0.6) is 0 Å². The highest BCUT2D eigenvalue weighted by molar-refractivity contribution is 5.92. The average Bonchev–Trinajstić information content (AvgIpc) is 2.58. The maximum absolute atomic E-state index is 11.3. The SMILES string of the molecule is C=C(C)C(=O)NCCOCCO/C=C1\O[C@H](CO)C[C@H](O)[C@H]1NC(C)=O. The van der Waals surface area contributed by atoms with Gasteiger partial charge in [0.2, 0.25) is 11.8 Å². The first-order chi connectivity index (χ1) is 12.3. The Kier molecular flexibility index (Phi) is 9.71. The molecule has 1 heterocycles. The fourth-order valence-electron chi connectivity index (χ4n) is 2.25. The van der Waals surface area contributed by atoms with Crippen LogP contribution < -0.4 is 10.6 Å². The molecule has 1 saturated heterocycles. The van der Waals surface area contributed by atoms with Crippen LogP contribution in [0.15, 0.2) is 24.2 Å². The normalized spacial score (nSPS) is 23.8. The van der Waals surface area contributed by atoms with E-state index in [2.05, 4.69) is 17.2 Å². The zero-order valence-corrected chi connectivity index (χ0v) is 15.2. The third-order valence-electron chi connectivity index (χ3n) is 3.53. The molecule has 0 bridgehead atoms. The Balaban J connectivity index is 2.35. The number of hydrogen-bond donors (Lipinski definition) is 4. The van der Waals surface area contributed by atoms with Gasteiger partial charge in [-0.05, 0) is 6.92 Å². The van der Waals surface area contributed by atoms with E-state index in [0.29, 0.717) is 18.7 Å². The molecule has 2 amide bonds. The van der Waals surface area contributed by atoms with Gasteiger partial charge in [-0.15, -0.1) is 0 Å². The first-order valence-corrected chi connectivity index (χ1v) is 8.41. The van der Waals surface area contributed by atoms with Crippen LogP contribution in [0.25, 0.3) is 0 Å². The number of carbonyl (C=O) groups excluding carboxylic acids is 2. The van der Waals surface area contributed by atoms with Crippen LogP contribution in [-0.2, 0) is 23.8 Å². The second kappa shape index (κ2) is 11.5. The summed E-state index contributed by atoms with van der Waals surface area (Å²) in [7, 11) is 0. The molecule has 0 spiro atoms. The molecule has 0 aromatic heterocycles. The molecule has 1 aliphatic rings. The number of rotatable bonds is 10. The molecule has 3 atom stereocenters. The molecule has 4 N–H and O–H groups in total. The molecule has 0 unspecified atom stereocenters. The van der Waals surface area contributed by atoms with Gasteiger partial charge in [0, 0.05) is 25.5 Å². The van der Waals surface area contributed by atoms with Gasteiger partial charge in [-0.2, -0.15) is 0 Å². The summed E-state index contributed by atoms with van der Waals surface area (Å²) in [6.45, 7) is 7.43. The molecule has 1 rings (SSSR count). The quantitative estimate of drug-likeness (QED) is 0.225. The van der Waals surface area contributed by atoms with Gasteiger partial charge in [0.15, 0.2) is 5.76 Å². The molecule has 0 aliphatic carbocycles. The maximum Gasteiger partial charge on any atom is 0.246 e. The molecular formula is C17H28N2O7. The number of aliphatic hydroxyl groups is 2. The number of aliphatic hydroxyl groups excluding tert-OH is 2. The van der Waals surface area contributed by atoms with E-state index < -0.39 is 18.2 Å². The van der Waals surface area contributed by atoms with Crippen LogP contribution in [0, 0.1) is 0 Å². The van der Waals surface area contributed by atoms with Crippen molar-refractivity contribution in [2.45, 2.75) is 38.5 Å². The van der Waals surface area contributed by atoms with Crippen LogP contribution in [0.3, 0.4) is 0 Å². The lowest BCUT2D eigenvalue weighted by atomic mass is 9.99. The maximum atomic E-state index is 11.3. The van der Waals surface area contributed by atoms with Gasteiger partial charge >= 0.3 is 0 Å². The summed E-state index contributed by atoms with van der Waals surface area (Å²) < 4.78 is 16.2. The van der Waals surface area contributed by atoms with Gasteiger partial charge in [-0.1, -0.05) is 6.58 Å². The van der Waals surface area contributed by atoms with E-state index in [9.17, 15) is 19.8 Å². The molecule has 1 fully saturated rings. The van der Waals surface area contributed by atoms with Crippen LogP contribution in [0.1, 0.15) is 20.3 Å². The van der Waals surface area contributed by atoms with Crippen molar-refractivity contribution in [3.8, 4) is 0 Å². The highest BCUT2D eigenvalue weighted by Gasteiger charge is 2.35. The minimum atomic E-state index is -0.882. The summed E-state index contributed by atoms with van der Waals surface area (Å²) in [4.78, 5) is 22.5. The van der Waals surface area contributed by atoms with Crippen molar-refractivity contribution in [3.05, 3.63) is 24.2 Å². The number of carbonyl (C=O) groups is 2. The molecule has 9 heteroatoms. The van der Waals surface area contributed by atoms with Crippen molar-refractivity contribution in [2.75, 3.05) is 33.0 Å². The molecule has 0 aromatic rings. The minimum absolute atomic E-state index is 0.206. The van der Waals surface area contributed by atoms with Crippen molar-refractivity contribution in [1.29, 1.82) is 0 Å². The third-order valence-corrected chi connectivity index (χ3v) is 3.53. The van der Waals surface area contributed by atoms with Gasteiger partial charge in [-0.25, -0.2) is 0 Å². The second-order valence-corrected chi connectivity index (χ2v) is 5.94. The number of amides is 2. The standard InChI is InChI=1S/C17H28N2O7/c1-11(2)17(23)18-4-5-24-6-7-25-10-15-16(19-12(3)21)14(22)8-13(9-20)26-15/h10,13-14,16,20,22H,1,4-9H2,2-3H3,(H,18,23)(H,19,21)/b15-10-/t13-,14-,16+/m0/s1. The monoisotopic (exact) mass is 372 g/mol. The predicted octanol–water partition coefficient (Wildman–Crippen LogP) is -0.800. The predicted molar refractivity (Wildman–Crippen MR) is 92.9 cm³/mol. The molecule has 9 nitrogen and oxygen atoms in total. The second-order valence-electron chi connectivity index (χ2n) is 5.94. The lowest BCUT2D eigenvalue weighted by Crippen LogP contribution is -2.50. The molecule has 0 aromatic carbocycles.